The molecule has 2 aromatic carbocycles. The van der Waals surface area contributed by atoms with Gasteiger partial charge in [0.15, 0.2) is 0 Å². The third-order valence-corrected chi connectivity index (χ3v) is 6.98. The normalized spacial score (nSPS) is 12.4. The van der Waals surface area contributed by atoms with Crippen molar-refractivity contribution in [2.45, 2.75) is 105 Å². The van der Waals surface area contributed by atoms with Crippen molar-refractivity contribution in [2.24, 2.45) is 0 Å². The first-order chi connectivity index (χ1) is 17.1. The van der Waals surface area contributed by atoms with Gasteiger partial charge in [-0.2, -0.15) is 0 Å². The Morgan fingerprint density at radius 1 is 0.973 bits per heavy atom. The number of carbonyl (C=O) groups excluding carboxylic acids is 1. The van der Waals surface area contributed by atoms with Crippen LogP contribution < -0.4 is 4.90 Å². The molecule has 5 heteroatoms. The number of aromatic nitrogens is 2. The minimum Gasteiger partial charge on any atom is -0.507 e. The van der Waals surface area contributed by atoms with Crippen molar-refractivity contribution in [3.05, 3.63) is 76.9 Å². The van der Waals surface area contributed by atoms with E-state index in [4.69, 9.17) is 0 Å². The van der Waals surface area contributed by atoms with Gasteiger partial charge in [0.2, 0.25) is 5.91 Å². The van der Waals surface area contributed by atoms with Crippen molar-refractivity contribution in [3.63, 3.8) is 0 Å². The number of phenols is 1. The number of nitrogens with zero attached hydrogens (tertiary/aromatic N) is 3. The topological polar surface area (TPSA) is 58.4 Å². The second-order valence-electron chi connectivity index (χ2n) is 12.8. The van der Waals surface area contributed by atoms with Crippen LogP contribution in [-0.2, 0) is 28.7 Å². The van der Waals surface area contributed by atoms with Crippen molar-refractivity contribution in [2.75, 3.05) is 4.90 Å². The third kappa shape index (κ3) is 6.44. The SMILES string of the molecule is CC(C)c1cccc(C(C)C)c1N(Cc1cc(C(C)(C)C)cc(C(C)(C)C)c1O)C(=O)Cn1ccnc1. The fourth-order valence-electron chi connectivity index (χ4n) is 4.73. The fourth-order valence-corrected chi connectivity index (χ4v) is 4.73. The van der Waals surface area contributed by atoms with E-state index < -0.39 is 0 Å². The lowest BCUT2D eigenvalue weighted by atomic mass is 9.79. The summed E-state index contributed by atoms with van der Waals surface area (Å²) in [5, 5.41) is 11.6. The van der Waals surface area contributed by atoms with Gasteiger partial charge < -0.3 is 14.6 Å². The molecule has 0 atom stereocenters. The molecule has 0 bridgehead atoms. The number of imidazole rings is 1. The molecule has 0 saturated heterocycles. The van der Waals surface area contributed by atoms with E-state index >= 15 is 0 Å². The monoisotopic (exact) mass is 503 g/mol. The molecular weight excluding hydrogens is 458 g/mol. The van der Waals surface area contributed by atoms with Crippen LogP contribution in [0.25, 0.3) is 0 Å². The van der Waals surface area contributed by atoms with Crippen LogP contribution in [0.4, 0.5) is 5.69 Å². The van der Waals surface area contributed by atoms with Crippen molar-refractivity contribution in [3.8, 4) is 5.75 Å². The van der Waals surface area contributed by atoms with E-state index in [1.54, 1.807) is 17.1 Å². The maximum atomic E-state index is 14.0. The minimum atomic E-state index is -0.245. The zero-order valence-corrected chi connectivity index (χ0v) is 24.4. The van der Waals surface area contributed by atoms with Crippen LogP contribution in [0.1, 0.15) is 109 Å². The molecule has 1 aromatic heterocycles. The second kappa shape index (κ2) is 10.7. The molecule has 0 aliphatic heterocycles. The van der Waals surface area contributed by atoms with Crippen molar-refractivity contribution >= 4 is 11.6 Å². The third-order valence-electron chi connectivity index (χ3n) is 6.98. The molecule has 0 aliphatic carbocycles. The van der Waals surface area contributed by atoms with E-state index in [1.807, 2.05) is 11.1 Å². The summed E-state index contributed by atoms with van der Waals surface area (Å²) in [6, 6.07) is 10.5. The molecule has 37 heavy (non-hydrogen) atoms. The number of benzene rings is 2. The summed E-state index contributed by atoms with van der Waals surface area (Å²) in [5.74, 6) is 0.703. The standard InChI is InChI=1S/C32H45N3O2/c1-21(2)25-12-11-13-26(22(3)4)29(25)35(28(36)19-34-15-14-33-20-34)18-23-16-24(31(5,6)7)17-27(30(23)37)32(8,9)10/h11-17,20-22,37H,18-19H2,1-10H3. The molecule has 1 heterocycles. The fraction of sp³-hybridized carbons (Fsp3) is 0.500. The average molecular weight is 504 g/mol. The van der Waals surface area contributed by atoms with Gasteiger partial charge in [-0.1, -0.05) is 93.5 Å². The summed E-state index contributed by atoms with van der Waals surface area (Å²) < 4.78 is 1.80. The Hall–Kier alpha value is -3.08. The van der Waals surface area contributed by atoms with E-state index in [-0.39, 0.29) is 47.4 Å². The Kier molecular flexibility index (Phi) is 8.26. The molecule has 0 unspecified atom stereocenters. The Bertz CT molecular complexity index is 1200. The highest BCUT2D eigenvalue weighted by Crippen LogP contribution is 2.41. The lowest BCUT2D eigenvalue weighted by Crippen LogP contribution is -2.35. The zero-order chi connectivity index (χ0) is 27.7. The van der Waals surface area contributed by atoms with Gasteiger partial charge in [0.1, 0.15) is 12.3 Å². The summed E-state index contributed by atoms with van der Waals surface area (Å²) in [4.78, 5) is 20.0. The predicted octanol–water partition coefficient (Wildman–Crippen LogP) is 7.66. The van der Waals surface area contributed by atoms with Crippen LogP contribution in [0, 0.1) is 0 Å². The van der Waals surface area contributed by atoms with Crippen molar-refractivity contribution in [1.82, 2.24) is 9.55 Å². The molecule has 3 aromatic rings. The highest BCUT2D eigenvalue weighted by Gasteiger charge is 2.29. The molecule has 0 spiro atoms. The average Bonchev–Trinajstić information content (AvgIpc) is 3.29. The van der Waals surface area contributed by atoms with E-state index in [1.165, 1.54) is 0 Å². The lowest BCUT2D eigenvalue weighted by molar-refractivity contribution is -0.119. The molecule has 0 fully saturated rings. The smallest absolute Gasteiger partial charge is 0.247 e. The van der Waals surface area contributed by atoms with Crippen LogP contribution in [0.15, 0.2) is 49.1 Å². The highest BCUT2D eigenvalue weighted by molar-refractivity contribution is 5.95. The number of carbonyl (C=O) groups is 1. The predicted molar refractivity (Wildman–Crippen MR) is 154 cm³/mol. The number of anilines is 1. The number of rotatable bonds is 7. The number of hydrogen-bond donors (Lipinski definition) is 1. The van der Waals surface area contributed by atoms with Gasteiger partial charge in [-0.15, -0.1) is 0 Å². The minimum absolute atomic E-state index is 0.0362. The van der Waals surface area contributed by atoms with E-state index in [0.29, 0.717) is 0 Å². The molecule has 1 amide bonds. The van der Waals surface area contributed by atoms with Gasteiger partial charge in [0.25, 0.3) is 0 Å². The number of phenolic OH excluding ortho intramolecular Hbond substituents is 1. The number of para-hydroxylation sites is 1. The molecular formula is C32H45N3O2. The lowest BCUT2D eigenvalue weighted by Gasteiger charge is -2.32. The van der Waals surface area contributed by atoms with E-state index in [2.05, 4.69) is 105 Å². The Morgan fingerprint density at radius 2 is 1.57 bits per heavy atom. The maximum absolute atomic E-state index is 14.0. The molecule has 5 nitrogen and oxygen atoms in total. The Balaban J connectivity index is 2.27. The Labute approximate surface area is 223 Å². The van der Waals surface area contributed by atoms with Gasteiger partial charge in [-0.25, -0.2) is 4.98 Å². The zero-order valence-electron chi connectivity index (χ0n) is 24.4. The summed E-state index contributed by atoms with van der Waals surface area (Å²) in [5.41, 5.74) is 5.68. The van der Waals surface area contributed by atoms with Gasteiger partial charge >= 0.3 is 0 Å². The molecule has 0 aliphatic rings. The van der Waals surface area contributed by atoms with Crippen LogP contribution >= 0.6 is 0 Å². The van der Waals surface area contributed by atoms with Crippen LogP contribution in [0.3, 0.4) is 0 Å². The quantitative estimate of drug-likeness (QED) is 0.360. The van der Waals surface area contributed by atoms with Gasteiger partial charge in [0, 0.05) is 18.0 Å². The maximum Gasteiger partial charge on any atom is 0.247 e. The first-order valence-electron chi connectivity index (χ1n) is 13.4. The second-order valence-corrected chi connectivity index (χ2v) is 12.8. The number of hydrogen-bond acceptors (Lipinski definition) is 3. The Morgan fingerprint density at radius 3 is 2.03 bits per heavy atom. The van der Waals surface area contributed by atoms with Crippen LogP contribution in [0.5, 0.6) is 5.75 Å². The van der Waals surface area contributed by atoms with Gasteiger partial charge in [0.05, 0.1) is 18.6 Å². The number of aromatic hydroxyl groups is 1. The summed E-state index contributed by atoms with van der Waals surface area (Å²) in [6.07, 6.45) is 5.17. The van der Waals surface area contributed by atoms with Crippen molar-refractivity contribution < 1.29 is 9.90 Å². The summed E-state index contributed by atoms with van der Waals surface area (Å²) >= 11 is 0. The molecule has 0 saturated carbocycles. The molecule has 200 valence electrons. The van der Waals surface area contributed by atoms with E-state index in [0.717, 1.165) is 33.5 Å². The summed E-state index contributed by atoms with van der Waals surface area (Å²) in [6.45, 7) is 22.0. The first kappa shape index (κ1) is 28.5. The largest absolute Gasteiger partial charge is 0.507 e. The van der Waals surface area contributed by atoms with Gasteiger partial charge in [-0.3, -0.25) is 4.79 Å². The highest BCUT2D eigenvalue weighted by atomic mass is 16.3. The first-order valence-corrected chi connectivity index (χ1v) is 13.4. The molecule has 0 radical (unpaired) electrons. The van der Waals surface area contributed by atoms with E-state index in [9.17, 15) is 9.90 Å². The van der Waals surface area contributed by atoms with Crippen LogP contribution in [0.2, 0.25) is 0 Å². The van der Waals surface area contributed by atoms with Crippen molar-refractivity contribution in [1.29, 1.82) is 0 Å². The molecule has 1 N–H and O–H groups in total. The van der Waals surface area contributed by atoms with Crippen LogP contribution in [-0.4, -0.2) is 20.6 Å². The van der Waals surface area contributed by atoms with Gasteiger partial charge in [-0.05, 0) is 51.0 Å². The summed E-state index contributed by atoms with van der Waals surface area (Å²) in [7, 11) is 0. The molecule has 3 rings (SSSR count). The number of amides is 1.